The molecule has 0 spiro atoms. The maximum atomic E-state index is 12.6. The van der Waals surface area contributed by atoms with Gasteiger partial charge in [-0.2, -0.15) is 0 Å². The number of hydrogen-bond donors (Lipinski definition) is 3. The molecule has 78 heavy (non-hydrogen) atoms. The Kier molecular flexibility index (Phi) is 66.7. The Labute approximate surface area is 488 Å². The summed E-state index contributed by atoms with van der Waals surface area (Å²) in [6, 6.07) is -0.540. The highest BCUT2D eigenvalue weighted by Crippen LogP contribution is 2.19. The molecule has 0 aromatic carbocycles. The number of carbonyl (C=O) groups excluding carboxylic acids is 1. The van der Waals surface area contributed by atoms with Crippen molar-refractivity contribution in [3.8, 4) is 0 Å². The summed E-state index contributed by atoms with van der Waals surface area (Å²) in [5.41, 5.74) is 0. The molecular weight excluding hydrogens is 951 g/mol. The van der Waals surface area contributed by atoms with Gasteiger partial charge in [0.2, 0.25) is 5.91 Å². The van der Waals surface area contributed by atoms with Crippen molar-refractivity contribution < 1.29 is 15.0 Å². The maximum Gasteiger partial charge on any atom is 0.220 e. The van der Waals surface area contributed by atoms with Crippen LogP contribution in [0.1, 0.15) is 361 Å². The van der Waals surface area contributed by atoms with Gasteiger partial charge < -0.3 is 15.5 Å². The van der Waals surface area contributed by atoms with Crippen LogP contribution in [0, 0.1) is 0 Å². The molecule has 454 valence electrons. The van der Waals surface area contributed by atoms with Gasteiger partial charge in [0.05, 0.1) is 18.8 Å². The molecule has 0 saturated heterocycles. The molecule has 0 aromatic rings. The van der Waals surface area contributed by atoms with Gasteiger partial charge in [0.1, 0.15) is 0 Å². The molecule has 0 aliphatic rings. The fourth-order valence-corrected chi connectivity index (χ4v) is 10.7. The van der Waals surface area contributed by atoms with Gasteiger partial charge in [-0.3, -0.25) is 4.79 Å². The summed E-state index contributed by atoms with van der Waals surface area (Å²) in [7, 11) is 0. The second kappa shape index (κ2) is 68.8. The third-order valence-electron chi connectivity index (χ3n) is 15.9. The van der Waals surface area contributed by atoms with E-state index in [0.29, 0.717) is 12.8 Å². The summed E-state index contributed by atoms with van der Waals surface area (Å²) >= 11 is 0. The molecule has 0 fully saturated rings. The molecule has 2 unspecified atom stereocenters. The summed E-state index contributed by atoms with van der Waals surface area (Å²) in [5.74, 6) is -0.0272. The van der Waals surface area contributed by atoms with Crippen LogP contribution in [-0.2, 0) is 4.79 Å². The zero-order valence-corrected chi connectivity index (χ0v) is 52.4. The Hall–Kier alpha value is -2.43. The van der Waals surface area contributed by atoms with Gasteiger partial charge in [-0.05, 0) is 70.6 Å². The number of aliphatic hydroxyl groups excluding tert-OH is 2. The summed E-state index contributed by atoms with van der Waals surface area (Å²) in [6.07, 6.45) is 101. The van der Waals surface area contributed by atoms with Crippen LogP contribution in [-0.4, -0.2) is 34.9 Å². The molecule has 0 aliphatic carbocycles. The summed E-state index contributed by atoms with van der Waals surface area (Å²) in [4.78, 5) is 12.6. The topological polar surface area (TPSA) is 69.6 Å². The quantitative estimate of drug-likeness (QED) is 0.0420. The molecule has 4 nitrogen and oxygen atoms in total. The van der Waals surface area contributed by atoms with Crippen LogP contribution in [0.5, 0.6) is 0 Å². The molecule has 4 heteroatoms. The number of nitrogens with one attached hydrogen (secondary N) is 1. The standard InChI is InChI=1S/C74H135NO3/c1-3-5-7-9-11-13-15-17-19-21-23-25-27-29-31-32-33-34-35-36-37-38-39-40-41-42-44-46-48-50-52-54-56-58-60-62-64-66-68-70-74(78)75-72(71-76)73(77)69-67-65-63-61-59-57-55-53-51-49-47-45-43-30-28-26-24-22-20-18-16-14-12-10-8-6-4-2/h5,7,11,13,17,19,23,25,29,31,33-34,36-37,72-73,76-77H,3-4,6,8-10,12,14-16,18,20-22,24,26-28,30,32,35,38-71H2,1-2H3,(H,75,78)/b7-5-,13-11-,19-17-,25-23-,31-29-,34-33-,37-36-. The van der Waals surface area contributed by atoms with E-state index in [2.05, 4.69) is 104 Å². The zero-order valence-electron chi connectivity index (χ0n) is 52.4. The lowest BCUT2D eigenvalue weighted by molar-refractivity contribution is -0.123. The normalized spacial score (nSPS) is 13.2. The van der Waals surface area contributed by atoms with Gasteiger partial charge in [-0.1, -0.05) is 369 Å². The molecular formula is C74H135NO3. The highest BCUT2D eigenvalue weighted by atomic mass is 16.3. The second-order valence-electron chi connectivity index (χ2n) is 23.6. The average Bonchev–Trinajstić information content (AvgIpc) is 3.44. The Morgan fingerprint density at radius 1 is 0.321 bits per heavy atom. The van der Waals surface area contributed by atoms with Crippen molar-refractivity contribution in [1.29, 1.82) is 0 Å². The van der Waals surface area contributed by atoms with Crippen LogP contribution >= 0.6 is 0 Å². The van der Waals surface area contributed by atoms with Crippen LogP contribution in [0.15, 0.2) is 85.1 Å². The minimum absolute atomic E-state index is 0.0272. The van der Waals surface area contributed by atoms with E-state index >= 15 is 0 Å². The van der Waals surface area contributed by atoms with Crippen molar-refractivity contribution in [2.24, 2.45) is 0 Å². The van der Waals surface area contributed by atoms with Crippen LogP contribution in [0.2, 0.25) is 0 Å². The van der Waals surface area contributed by atoms with Gasteiger partial charge in [0, 0.05) is 6.42 Å². The lowest BCUT2D eigenvalue weighted by Crippen LogP contribution is -2.45. The van der Waals surface area contributed by atoms with Crippen LogP contribution in [0.4, 0.5) is 0 Å². The number of aliphatic hydroxyl groups is 2. The summed E-state index contributed by atoms with van der Waals surface area (Å²) in [5, 5.41) is 23.5. The van der Waals surface area contributed by atoms with Crippen molar-refractivity contribution in [2.45, 2.75) is 373 Å². The van der Waals surface area contributed by atoms with Crippen molar-refractivity contribution >= 4 is 5.91 Å². The molecule has 0 radical (unpaired) electrons. The van der Waals surface area contributed by atoms with Gasteiger partial charge >= 0.3 is 0 Å². The first-order valence-corrected chi connectivity index (χ1v) is 34.8. The molecule has 0 rings (SSSR count). The van der Waals surface area contributed by atoms with E-state index < -0.39 is 12.1 Å². The Bertz CT molecular complexity index is 1370. The fraction of sp³-hybridized carbons (Fsp3) is 0.797. The van der Waals surface area contributed by atoms with E-state index in [1.165, 1.54) is 263 Å². The number of hydrogen-bond acceptors (Lipinski definition) is 3. The van der Waals surface area contributed by atoms with E-state index in [-0.39, 0.29) is 12.5 Å². The molecule has 0 bridgehead atoms. The van der Waals surface area contributed by atoms with Gasteiger partial charge in [-0.15, -0.1) is 0 Å². The molecule has 0 aliphatic heterocycles. The first-order chi connectivity index (χ1) is 38.7. The fourth-order valence-electron chi connectivity index (χ4n) is 10.7. The Morgan fingerprint density at radius 3 is 0.846 bits per heavy atom. The van der Waals surface area contributed by atoms with Gasteiger partial charge in [-0.25, -0.2) is 0 Å². The largest absolute Gasteiger partial charge is 0.394 e. The van der Waals surface area contributed by atoms with Crippen LogP contribution in [0.3, 0.4) is 0 Å². The number of allylic oxidation sites excluding steroid dienone is 14. The Morgan fingerprint density at radius 2 is 0.564 bits per heavy atom. The monoisotopic (exact) mass is 1090 g/mol. The first-order valence-electron chi connectivity index (χ1n) is 34.8. The number of amides is 1. The highest BCUT2D eigenvalue weighted by molar-refractivity contribution is 5.76. The van der Waals surface area contributed by atoms with E-state index in [1.807, 2.05) is 0 Å². The molecule has 0 aromatic heterocycles. The minimum Gasteiger partial charge on any atom is -0.394 e. The zero-order chi connectivity index (χ0) is 56.2. The lowest BCUT2D eigenvalue weighted by Gasteiger charge is -2.22. The molecule has 3 N–H and O–H groups in total. The second-order valence-corrected chi connectivity index (χ2v) is 23.6. The van der Waals surface area contributed by atoms with E-state index in [4.69, 9.17) is 0 Å². The molecule has 0 saturated carbocycles. The molecule has 0 heterocycles. The SMILES string of the molecule is CC/C=C\C/C=C\C/C=C\C/C=C\C/C=C\C/C=C\C/C=C\CCCCCCCCCCCCCCCCCCCC(=O)NC(CO)C(O)CCCCCCCCCCCCCCCCCCCCCCCCCCCCC. The number of rotatable bonds is 64. The third-order valence-corrected chi connectivity index (χ3v) is 15.9. The average molecular weight is 1090 g/mol. The predicted octanol–water partition coefficient (Wildman–Crippen LogP) is 23.8. The predicted molar refractivity (Wildman–Crippen MR) is 350 cm³/mol. The van der Waals surface area contributed by atoms with E-state index in [0.717, 1.165) is 70.6 Å². The van der Waals surface area contributed by atoms with Gasteiger partial charge in [0.25, 0.3) is 0 Å². The molecule has 2 atom stereocenters. The van der Waals surface area contributed by atoms with E-state index in [1.54, 1.807) is 0 Å². The third kappa shape index (κ3) is 64.4. The highest BCUT2D eigenvalue weighted by Gasteiger charge is 2.20. The summed E-state index contributed by atoms with van der Waals surface area (Å²) in [6.45, 7) is 4.28. The lowest BCUT2D eigenvalue weighted by atomic mass is 10.0. The van der Waals surface area contributed by atoms with Crippen molar-refractivity contribution in [2.75, 3.05) is 6.61 Å². The minimum atomic E-state index is -0.664. The summed E-state index contributed by atoms with van der Waals surface area (Å²) < 4.78 is 0. The van der Waals surface area contributed by atoms with Crippen molar-refractivity contribution in [3.05, 3.63) is 85.1 Å². The number of carbonyl (C=O) groups is 1. The Balaban J connectivity index is 3.44. The van der Waals surface area contributed by atoms with Crippen molar-refractivity contribution in [1.82, 2.24) is 5.32 Å². The van der Waals surface area contributed by atoms with Crippen LogP contribution < -0.4 is 5.32 Å². The van der Waals surface area contributed by atoms with E-state index in [9.17, 15) is 15.0 Å². The smallest absolute Gasteiger partial charge is 0.220 e. The number of unbranched alkanes of at least 4 members (excludes halogenated alkanes) is 43. The van der Waals surface area contributed by atoms with Crippen molar-refractivity contribution in [3.63, 3.8) is 0 Å². The van der Waals surface area contributed by atoms with Gasteiger partial charge in [0.15, 0.2) is 0 Å². The van der Waals surface area contributed by atoms with Crippen LogP contribution in [0.25, 0.3) is 0 Å². The maximum absolute atomic E-state index is 12.6. The molecule has 1 amide bonds. The first kappa shape index (κ1) is 75.6.